The Balaban J connectivity index is 1.83. The number of methoxy groups -OCH3 is 1. The summed E-state index contributed by atoms with van der Waals surface area (Å²) in [5.41, 5.74) is 1.15. The maximum Gasteiger partial charge on any atom is 0.319 e. The third-order valence-corrected chi connectivity index (χ3v) is 7.34. The summed E-state index contributed by atoms with van der Waals surface area (Å²) in [6.45, 7) is 8.71. The van der Waals surface area contributed by atoms with Crippen molar-refractivity contribution in [2.45, 2.75) is 52.0 Å². The minimum atomic E-state index is -0.441. The Morgan fingerprint density at radius 3 is 2.82 bits per heavy atom. The van der Waals surface area contributed by atoms with Gasteiger partial charge in [-0.25, -0.2) is 0 Å². The van der Waals surface area contributed by atoms with Crippen molar-refractivity contribution in [3.05, 3.63) is 24.5 Å². The van der Waals surface area contributed by atoms with Gasteiger partial charge in [-0.1, -0.05) is 26.0 Å². The summed E-state index contributed by atoms with van der Waals surface area (Å²) in [7, 11) is 1.35. The van der Waals surface area contributed by atoms with E-state index in [9.17, 15) is 14.4 Å². The number of cyclic esters (lactones) is 1. The van der Waals surface area contributed by atoms with Gasteiger partial charge < -0.3 is 14.8 Å². The Morgan fingerprint density at radius 2 is 2.18 bits per heavy atom. The van der Waals surface area contributed by atoms with Crippen LogP contribution in [-0.2, 0) is 23.9 Å². The largest absolute Gasteiger partial charge is 0.468 e. The molecule has 0 bridgehead atoms. The van der Waals surface area contributed by atoms with Crippen LogP contribution in [0.5, 0.6) is 0 Å². The number of carbonyl (C=O) groups excluding carboxylic acids is 3. The summed E-state index contributed by atoms with van der Waals surface area (Å²) in [4.78, 5) is 36.2. The standard InChI is InChI=1S/C22H31NO5/c1-13-5-6-16-14(2)19(24)7-9-22(16,3)17(13)11-18(23-12-20(25)27-4)15-8-10-28-21(15)26/h8,10,14-18,23H,1,5-7,9,11-12H2,2-4H3/t14-,15?,16?,17?,18?,22+/m1/s1. The number of ether oxygens (including phenoxy) is 2. The van der Waals surface area contributed by atoms with Crippen LogP contribution < -0.4 is 5.32 Å². The molecule has 1 heterocycles. The van der Waals surface area contributed by atoms with Gasteiger partial charge in [-0.15, -0.1) is 0 Å². The fourth-order valence-electron chi connectivity index (χ4n) is 5.57. The summed E-state index contributed by atoms with van der Waals surface area (Å²) in [5.74, 6) is -0.190. The zero-order valence-corrected chi connectivity index (χ0v) is 17.0. The number of carbonyl (C=O) groups is 3. The molecule has 1 aliphatic heterocycles. The summed E-state index contributed by atoms with van der Waals surface area (Å²) in [6, 6.07) is -0.254. The third kappa shape index (κ3) is 3.79. The van der Waals surface area contributed by atoms with E-state index in [0.717, 1.165) is 19.3 Å². The number of ketones is 1. The fraction of sp³-hybridized carbons (Fsp3) is 0.682. The second kappa shape index (κ2) is 8.19. The second-order valence-electron chi connectivity index (χ2n) is 8.71. The molecule has 2 fully saturated rings. The molecule has 1 N–H and O–H groups in total. The van der Waals surface area contributed by atoms with Gasteiger partial charge in [0.05, 0.1) is 25.8 Å². The topological polar surface area (TPSA) is 81.7 Å². The Kier molecular flexibility index (Phi) is 6.08. The molecule has 2 saturated carbocycles. The van der Waals surface area contributed by atoms with Crippen molar-refractivity contribution in [3.8, 4) is 0 Å². The molecule has 0 saturated heterocycles. The van der Waals surface area contributed by atoms with Gasteiger partial charge >= 0.3 is 11.9 Å². The maximum absolute atomic E-state index is 12.3. The molecule has 0 aromatic heterocycles. The van der Waals surface area contributed by atoms with Crippen LogP contribution >= 0.6 is 0 Å². The normalized spacial score (nSPS) is 36.0. The first-order valence-electron chi connectivity index (χ1n) is 10.2. The van der Waals surface area contributed by atoms with E-state index in [2.05, 4.69) is 25.7 Å². The summed E-state index contributed by atoms with van der Waals surface area (Å²) >= 11 is 0. The number of hydrogen-bond donors (Lipinski definition) is 1. The molecule has 6 atom stereocenters. The second-order valence-corrected chi connectivity index (χ2v) is 8.71. The van der Waals surface area contributed by atoms with Gasteiger partial charge in [0.15, 0.2) is 0 Å². The van der Waals surface area contributed by atoms with E-state index in [1.165, 1.54) is 18.9 Å². The molecule has 2 aliphatic carbocycles. The average Bonchev–Trinajstić information content (AvgIpc) is 3.09. The molecule has 6 nitrogen and oxygen atoms in total. The van der Waals surface area contributed by atoms with Crippen molar-refractivity contribution in [3.63, 3.8) is 0 Å². The number of fused-ring (bicyclic) bond motifs is 1. The van der Waals surface area contributed by atoms with Crippen molar-refractivity contribution >= 4 is 17.7 Å². The van der Waals surface area contributed by atoms with Crippen LogP contribution in [0.1, 0.15) is 46.0 Å². The first-order chi connectivity index (χ1) is 13.3. The van der Waals surface area contributed by atoms with Crippen LogP contribution in [0.25, 0.3) is 0 Å². The first kappa shape index (κ1) is 20.8. The minimum Gasteiger partial charge on any atom is -0.468 e. The molecule has 0 aromatic carbocycles. The Morgan fingerprint density at radius 1 is 1.43 bits per heavy atom. The fourth-order valence-corrected chi connectivity index (χ4v) is 5.57. The van der Waals surface area contributed by atoms with Crippen molar-refractivity contribution in [1.29, 1.82) is 0 Å². The Labute approximate surface area is 166 Å². The molecule has 3 rings (SSSR count). The summed E-state index contributed by atoms with van der Waals surface area (Å²) < 4.78 is 9.76. The Bertz CT molecular complexity index is 699. The molecular weight excluding hydrogens is 358 g/mol. The summed E-state index contributed by atoms with van der Waals surface area (Å²) in [5, 5.41) is 3.21. The smallest absolute Gasteiger partial charge is 0.319 e. The molecule has 0 amide bonds. The van der Waals surface area contributed by atoms with E-state index in [0.29, 0.717) is 24.5 Å². The Hall–Kier alpha value is -1.95. The monoisotopic (exact) mass is 389 g/mol. The van der Waals surface area contributed by atoms with Crippen LogP contribution in [0, 0.1) is 29.1 Å². The number of rotatable bonds is 6. The lowest BCUT2D eigenvalue weighted by atomic mass is 9.50. The molecule has 0 radical (unpaired) electrons. The predicted molar refractivity (Wildman–Crippen MR) is 104 cm³/mol. The van der Waals surface area contributed by atoms with E-state index in [-0.39, 0.29) is 41.8 Å². The molecule has 3 aliphatic rings. The van der Waals surface area contributed by atoms with Gasteiger partial charge in [0.2, 0.25) is 0 Å². The lowest BCUT2D eigenvalue weighted by Crippen LogP contribution is -2.51. The lowest BCUT2D eigenvalue weighted by Gasteiger charge is -2.54. The molecular formula is C22H31NO5. The third-order valence-electron chi connectivity index (χ3n) is 7.34. The van der Waals surface area contributed by atoms with Crippen molar-refractivity contribution in [2.24, 2.45) is 29.1 Å². The summed E-state index contributed by atoms with van der Waals surface area (Å²) in [6.07, 6.45) is 7.18. The SMILES string of the molecule is C=C1CCC2[C@@H](C)C(=O)CC[C@]2(C)C1CC(NCC(=O)OC)C1C=COC1=O. The predicted octanol–water partition coefficient (Wildman–Crippen LogP) is 2.78. The van der Waals surface area contributed by atoms with Crippen LogP contribution in [0.2, 0.25) is 0 Å². The number of allylic oxidation sites excluding steroid dienone is 1. The first-order valence-corrected chi connectivity index (χ1v) is 10.2. The molecule has 4 unspecified atom stereocenters. The lowest BCUT2D eigenvalue weighted by molar-refractivity contribution is -0.142. The number of Topliss-reactive ketones (excluding diaryl/α,β-unsaturated/α-hetero) is 1. The maximum atomic E-state index is 12.3. The molecule has 0 spiro atoms. The van der Waals surface area contributed by atoms with Gasteiger partial charge in [0, 0.05) is 18.4 Å². The highest BCUT2D eigenvalue weighted by Gasteiger charge is 2.52. The van der Waals surface area contributed by atoms with Crippen LogP contribution in [0.15, 0.2) is 24.5 Å². The quantitative estimate of drug-likeness (QED) is 0.556. The van der Waals surface area contributed by atoms with Crippen LogP contribution in [0.3, 0.4) is 0 Å². The number of nitrogens with one attached hydrogen (secondary N) is 1. The molecule has 0 aromatic rings. The highest BCUT2D eigenvalue weighted by atomic mass is 16.5. The van der Waals surface area contributed by atoms with Gasteiger partial charge in [-0.3, -0.25) is 14.4 Å². The number of hydrogen-bond acceptors (Lipinski definition) is 6. The van der Waals surface area contributed by atoms with Crippen molar-refractivity contribution in [2.75, 3.05) is 13.7 Å². The minimum absolute atomic E-state index is 0.0277. The van der Waals surface area contributed by atoms with Crippen LogP contribution in [0.4, 0.5) is 0 Å². The highest BCUT2D eigenvalue weighted by molar-refractivity contribution is 5.82. The van der Waals surface area contributed by atoms with E-state index < -0.39 is 5.92 Å². The van der Waals surface area contributed by atoms with E-state index in [4.69, 9.17) is 9.47 Å². The van der Waals surface area contributed by atoms with E-state index in [1.807, 2.05) is 0 Å². The van der Waals surface area contributed by atoms with Gasteiger partial charge in [-0.2, -0.15) is 0 Å². The van der Waals surface area contributed by atoms with Gasteiger partial charge in [0.25, 0.3) is 0 Å². The highest BCUT2D eigenvalue weighted by Crippen LogP contribution is 2.57. The van der Waals surface area contributed by atoms with Gasteiger partial charge in [0.1, 0.15) is 5.78 Å². The van der Waals surface area contributed by atoms with E-state index in [1.54, 1.807) is 6.08 Å². The molecule has 28 heavy (non-hydrogen) atoms. The van der Waals surface area contributed by atoms with E-state index >= 15 is 0 Å². The van der Waals surface area contributed by atoms with Crippen molar-refractivity contribution < 1.29 is 23.9 Å². The molecule has 154 valence electrons. The van der Waals surface area contributed by atoms with Crippen molar-refractivity contribution in [1.82, 2.24) is 5.32 Å². The van der Waals surface area contributed by atoms with Crippen LogP contribution in [-0.4, -0.2) is 37.4 Å². The molecule has 6 heteroatoms. The zero-order valence-electron chi connectivity index (χ0n) is 17.0. The average molecular weight is 389 g/mol. The number of esters is 2. The zero-order chi connectivity index (χ0) is 20.5. The van der Waals surface area contributed by atoms with Gasteiger partial charge in [-0.05, 0) is 49.0 Å².